The second-order valence-electron chi connectivity index (χ2n) is 8.05. The Morgan fingerprint density at radius 2 is 1.74 bits per heavy atom. The first-order valence-corrected chi connectivity index (χ1v) is 13.3. The summed E-state index contributed by atoms with van der Waals surface area (Å²) in [5, 5.41) is 23.2. The second kappa shape index (κ2) is 11.0. The molecule has 3 N–H and O–H groups in total. The monoisotopic (exact) mass is 573 g/mol. The Hall–Kier alpha value is -3.70. The molecule has 0 aliphatic rings. The molecule has 0 aliphatic heterocycles. The van der Waals surface area contributed by atoms with E-state index in [-0.39, 0.29) is 27.6 Å². The van der Waals surface area contributed by atoms with Crippen LogP contribution in [0.25, 0.3) is 10.8 Å². The molecule has 38 heavy (non-hydrogen) atoms. The Morgan fingerprint density at radius 1 is 1.03 bits per heavy atom. The standard InChI is InChI=1S/C26H21Cl2N3O6S/c1-3-14-8-10-19(28)25(38(34,35)36)22(14)30-31-23-17-7-5-4-6-15(17)12-18(24(23)32)26(33)29-20-13-16(27)9-11-21(20)37-2/h4-13,32H,3H2,1-2H3,(H,29,33)(H,34,35,36). The Bertz CT molecular complexity index is 1710. The highest BCUT2D eigenvalue weighted by atomic mass is 35.5. The predicted octanol–water partition coefficient (Wildman–Crippen LogP) is 7.34. The third kappa shape index (κ3) is 5.44. The molecule has 0 unspecified atom stereocenters. The average Bonchev–Trinajstić information content (AvgIpc) is 2.87. The zero-order chi connectivity index (χ0) is 27.6. The number of nitrogens with one attached hydrogen (secondary N) is 1. The first-order valence-electron chi connectivity index (χ1n) is 11.1. The fourth-order valence-electron chi connectivity index (χ4n) is 3.89. The Morgan fingerprint density at radius 3 is 2.42 bits per heavy atom. The maximum Gasteiger partial charge on any atom is 0.298 e. The third-order valence-corrected chi connectivity index (χ3v) is 7.30. The first kappa shape index (κ1) is 27.3. The van der Waals surface area contributed by atoms with E-state index in [4.69, 9.17) is 27.9 Å². The van der Waals surface area contributed by atoms with Gasteiger partial charge in [0, 0.05) is 10.4 Å². The summed E-state index contributed by atoms with van der Waals surface area (Å²) in [5.74, 6) is -0.825. The largest absolute Gasteiger partial charge is 0.505 e. The van der Waals surface area contributed by atoms with Crippen LogP contribution in [0.3, 0.4) is 0 Å². The molecule has 0 radical (unpaired) electrons. The van der Waals surface area contributed by atoms with E-state index >= 15 is 0 Å². The van der Waals surface area contributed by atoms with Gasteiger partial charge in [-0.2, -0.15) is 8.42 Å². The molecular formula is C26H21Cl2N3O6S. The number of hydrogen-bond acceptors (Lipinski definition) is 7. The number of halogens is 2. The van der Waals surface area contributed by atoms with Crippen molar-refractivity contribution >= 4 is 67.1 Å². The van der Waals surface area contributed by atoms with Crippen LogP contribution in [-0.2, 0) is 16.5 Å². The van der Waals surface area contributed by atoms with Gasteiger partial charge >= 0.3 is 0 Å². The van der Waals surface area contributed by atoms with Gasteiger partial charge in [0.1, 0.15) is 22.0 Å². The first-order chi connectivity index (χ1) is 18.0. The van der Waals surface area contributed by atoms with Crippen molar-refractivity contribution in [1.82, 2.24) is 0 Å². The number of carbonyl (C=O) groups is 1. The number of phenolic OH excluding ortho intramolecular Hbond substituents is 1. The molecule has 12 heteroatoms. The van der Waals surface area contributed by atoms with Crippen LogP contribution in [0.5, 0.6) is 11.5 Å². The number of anilines is 1. The van der Waals surface area contributed by atoms with Gasteiger partial charge in [0.2, 0.25) is 0 Å². The van der Waals surface area contributed by atoms with Crippen LogP contribution in [-0.4, -0.2) is 31.1 Å². The highest BCUT2D eigenvalue weighted by Crippen LogP contribution is 2.42. The number of ether oxygens (including phenoxy) is 1. The normalized spacial score (nSPS) is 11.7. The minimum Gasteiger partial charge on any atom is -0.505 e. The van der Waals surface area contributed by atoms with E-state index in [1.54, 1.807) is 49.4 Å². The van der Waals surface area contributed by atoms with E-state index in [1.165, 1.54) is 25.3 Å². The zero-order valence-corrected chi connectivity index (χ0v) is 22.4. The quantitative estimate of drug-likeness (QED) is 0.156. The number of benzene rings is 4. The predicted molar refractivity (Wildman–Crippen MR) is 146 cm³/mol. The molecular weight excluding hydrogens is 553 g/mol. The highest BCUT2D eigenvalue weighted by Gasteiger charge is 2.24. The minimum atomic E-state index is -4.76. The zero-order valence-electron chi connectivity index (χ0n) is 20.1. The number of hydrogen-bond donors (Lipinski definition) is 3. The van der Waals surface area contributed by atoms with Crippen LogP contribution in [0.15, 0.2) is 75.8 Å². The van der Waals surface area contributed by atoms with Gasteiger partial charge in [-0.3, -0.25) is 9.35 Å². The van der Waals surface area contributed by atoms with Crippen LogP contribution in [0, 0.1) is 0 Å². The van der Waals surface area contributed by atoms with Gasteiger partial charge in [0.15, 0.2) is 5.75 Å². The smallest absolute Gasteiger partial charge is 0.298 e. The summed E-state index contributed by atoms with van der Waals surface area (Å²) in [7, 11) is -3.32. The molecule has 0 bridgehead atoms. The average molecular weight is 574 g/mol. The Kier molecular flexibility index (Phi) is 7.89. The maximum atomic E-state index is 13.2. The van der Waals surface area contributed by atoms with Crippen molar-refractivity contribution in [3.05, 3.63) is 81.8 Å². The fraction of sp³-hybridized carbons (Fsp3) is 0.115. The van der Waals surface area contributed by atoms with E-state index in [9.17, 15) is 22.9 Å². The Balaban J connectivity index is 1.88. The number of aromatic hydroxyl groups is 1. The van der Waals surface area contributed by atoms with Crippen LogP contribution < -0.4 is 10.1 Å². The molecule has 4 aromatic rings. The third-order valence-electron chi connectivity index (χ3n) is 5.71. The number of nitrogens with zero attached hydrogens (tertiary/aromatic N) is 2. The van der Waals surface area contributed by atoms with Crippen molar-refractivity contribution < 1.29 is 27.6 Å². The Labute approximate surface area is 228 Å². The molecule has 0 aromatic heterocycles. The molecule has 196 valence electrons. The van der Waals surface area contributed by atoms with Gasteiger partial charge in [0.25, 0.3) is 16.0 Å². The molecule has 0 aliphatic carbocycles. The lowest BCUT2D eigenvalue weighted by molar-refractivity contribution is 0.102. The fourth-order valence-corrected chi connectivity index (χ4v) is 5.23. The number of carbonyl (C=O) groups excluding carboxylic acids is 1. The number of fused-ring (bicyclic) bond motifs is 1. The molecule has 0 saturated carbocycles. The van der Waals surface area contributed by atoms with Crippen LogP contribution in [0.2, 0.25) is 10.0 Å². The summed E-state index contributed by atoms with van der Waals surface area (Å²) in [6.45, 7) is 1.76. The van der Waals surface area contributed by atoms with E-state index in [0.29, 0.717) is 33.5 Å². The molecule has 4 rings (SSSR count). The van der Waals surface area contributed by atoms with Gasteiger partial charge in [-0.1, -0.05) is 60.5 Å². The molecule has 0 saturated heterocycles. The summed E-state index contributed by atoms with van der Waals surface area (Å²) in [5.41, 5.74) is 0.331. The summed E-state index contributed by atoms with van der Waals surface area (Å²) in [6.07, 6.45) is 0.352. The van der Waals surface area contributed by atoms with E-state index in [0.717, 1.165) is 0 Å². The number of aryl methyl sites for hydroxylation is 1. The van der Waals surface area contributed by atoms with Crippen LogP contribution in [0.1, 0.15) is 22.8 Å². The summed E-state index contributed by atoms with van der Waals surface area (Å²) >= 11 is 12.1. The highest BCUT2D eigenvalue weighted by molar-refractivity contribution is 7.86. The number of phenols is 1. The van der Waals surface area contributed by atoms with Crippen molar-refractivity contribution in [2.45, 2.75) is 18.2 Å². The van der Waals surface area contributed by atoms with Crippen LogP contribution in [0.4, 0.5) is 17.1 Å². The number of amides is 1. The van der Waals surface area contributed by atoms with Gasteiger partial charge < -0.3 is 15.2 Å². The molecule has 0 spiro atoms. The minimum absolute atomic E-state index is 0.0883. The van der Waals surface area contributed by atoms with Crippen molar-refractivity contribution in [2.75, 3.05) is 12.4 Å². The van der Waals surface area contributed by atoms with Crippen molar-refractivity contribution in [3.63, 3.8) is 0 Å². The van der Waals surface area contributed by atoms with Crippen molar-refractivity contribution in [2.24, 2.45) is 10.2 Å². The summed E-state index contributed by atoms with van der Waals surface area (Å²) in [6, 6.07) is 15.9. The molecule has 0 heterocycles. The van der Waals surface area contributed by atoms with Crippen molar-refractivity contribution in [3.8, 4) is 11.5 Å². The van der Waals surface area contributed by atoms with E-state index in [2.05, 4.69) is 15.5 Å². The van der Waals surface area contributed by atoms with Gasteiger partial charge in [0.05, 0.1) is 23.4 Å². The summed E-state index contributed by atoms with van der Waals surface area (Å²) in [4.78, 5) is 12.6. The number of methoxy groups -OCH3 is 1. The molecule has 4 aromatic carbocycles. The van der Waals surface area contributed by atoms with E-state index in [1.807, 2.05) is 0 Å². The SMILES string of the molecule is CCc1ccc(Cl)c(S(=O)(=O)O)c1N=Nc1c(O)c(C(=O)Nc2cc(Cl)ccc2OC)cc2ccccc12. The number of azo groups is 1. The lowest BCUT2D eigenvalue weighted by Crippen LogP contribution is -2.13. The lowest BCUT2D eigenvalue weighted by Gasteiger charge is -2.13. The lowest BCUT2D eigenvalue weighted by atomic mass is 10.0. The molecule has 0 atom stereocenters. The maximum absolute atomic E-state index is 13.2. The van der Waals surface area contributed by atoms with Gasteiger partial charge in [-0.15, -0.1) is 10.2 Å². The van der Waals surface area contributed by atoms with Gasteiger partial charge in [-0.25, -0.2) is 0 Å². The van der Waals surface area contributed by atoms with Crippen LogP contribution >= 0.6 is 23.2 Å². The van der Waals surface area contributed by atoms with Gasteiger partial charge in [-0.05, 0) is 47.7 Å². The number of rotatable bonds is 7. The molecule has 1 amide bonds. The molecule has 0 fully saturated rings. The molecule has 9 nitrogen and oxygen atoms in total. The van der Waals surface area contributed by atoms with E-state index < -0.39 is 26.7 Å². The topological polar surface area (TPSA) is 138 Å². The second-order valence-corrected chi connectivity index (χ2v) is 10.3. The summed E-state index contributed by atoms with van der Waals surface area (Å²) < 4.78 is 39.2. The van der Waals surface area contributed by atoms with Crippen molar-refractivity contribution in [1.29, 1.82) is 0 Å².